The van der Waals surface area contributed by atoms with Gasteiger partial charge in [-0.2, -0.15) is 0 Å². The summed E-state index contributed by atoms with van der Waals surface area (Å²) < 4.78 is 0. The maximum atomic E-state index is 6.20. The Morgan fingerprint density at radius 2 is 0.708 bits per heavy atom. The molecular formula is C16H8Cl6Si2. The van der Waals surface area contributed by atoms with Gasteiger partial charge in [0, 0.05) is 0 Å². The van der Waals surface area contributed by atoms with Crippen LogP contribution in [0.4, 0.5) is 0 Å². The van der Waals surface area contributed by atoms with Crippen LogP contribution in [0, 0.1) is 0 Å². The summed E-state index contributed by atoms with van der Waals surface area (Å²) in [5, 5.41) is 8.08. The van der Waals surface area contributed by atoms with E-state index in [1.54, 1.807) is 0 Å². The largest absolute Gasteiger partial charge is 0.372 e. The van der Waals surface area contributed by atoms with Crippen LogP contribution in [0.15, 0.2) is 48.5 Å². The molecule has 0 saturated heterocycles. The van der Waals surface area contributed by atoms with Crippen LogP contribution in [-0.4, -0.2) is 12.0 Å². The maximum absolute atomic E-state index is 6.20. The monoisotopic (exact) mass is 466 g/mol. The summed E-state index contributed by atoms with van der Waals surface area (Å²) >= 11 is 37.2. The third kappa shape index (κ3) is 2.91. The first-order valence-electron chi connectivity index (χ1n) is 7.01. The quantitative estimate of drug-likeness (QED) is 0.184. The first kappa shape index (κ1) is 17.5. The van der Waals surface area contributed by atoms with Crippen molar-refractivity contribution >= 4 is 121 Å². The van der Waals surface area contributed by atoms with Crippen molar-refractivity contribution in [2.75, 3.05) is 0 Å². The Labute approximate surface area is 168 Å². The Hall–Kier alpha value is 0.0938. The summed E-state index contributed by atoms with van der Waals surface area (Å²) in [4.78, 5) is 0. The van der Waals surface area contributed by atoms with Gasteiger partial charge in [-0.1, -0.05) is 48.5 Å². The summed E-state index contributed by atoms with van der Waals surface area (Å²) in [6.07, 6.45) is 0. The van der Waals surface area contributed by atoms with Crippen LogP contribution in [0.3, 0.4) is 0 Å². The minimum Gasteiger partial charge on any atom is -0.121 e. The van der Waals surface area contributed by atoms with Gasteiger partial charge >= 0.3 is 12.0 Å². The molecule has 8 heteroatoms. The van der Waals surface area contributed by atoms with E-state index in [4.69, 9.17) is 66.5 Å². The van der Waals surface area contributed by atoms with E-state index in [1.807, 2.05) is 48.5 Å². The molecule has 0 nitrogen and oxygen atoms in total. The van der Waals surface area contributed by atoms with Crippen molar-refractivity contribution in [2.45, 2.75) is 0 Å². The Morgan fingerprint density at radius 3 is 0.917 bits per heavy atom. The molecule has 4 aromatic carbocycles. The van der Waals surface area contributed by atoms with Gasteiger partial charge in [0.15, 0.2) is 0 Å². The molecule has 0 aromatic heterocycles. The molecule has 0 saturated carbocycles. The molecule has 0 unspecified atom stereocenters. The molecule has 122 valence electrons. The average molecular weight is 469 g/mol. The molecule has 0 fully saturated rings. The zero-order valence-electron chi connectivity index (χ0n) is 11.9. The molecule has 0 aliphatic heterocycles. The van der Waals surface area contributed by atoms with Gasteiger partial charge in [0.2, 0.25) is 0 Å². The van der Waals surface area contributed by atoms with E-state index >= 15 is 0 Å². The fourth-order valence-electron chi connectivity index (χ4n) is 3.17. The molecular weight excluding hydrogens is 461 g/mol. The van der Waals surface area contributed by atoms with E-state index in [2.05, 4.69) is 0 Å². The Morgan fingerprint density at radius 1 is 0.458 bits per heavy atom. The molecule has 0 heterocycles. The minimum absolute atomic E-state index is 0.785. The van der Waals surface area contributed by atoms with Crippen molar-refractivity contribution < 1.29 is 0 Å². The smallest absolute Gasteiger partial charge is 0.121 e. The normalized spacial score (nSPS) is 13.4. The molecule has 0 bridgehead atoms. The van der Waals surface area contributed by atoms with Crippen molar-refractivity contribution in [1.29, 1.82) is 0 Å². The van der Waals surface area contributed by atoms with Crippen molar-refractivity contribution in [3.05, 3.63) is 48.5 Å². The van der Waals surface area contributed by atoms with Gasteiger partial charge in [-0.05, 0) is 42.7 Å². The van der Waals surface area contributed by atoms with Crippen molar-refractivity contribution in [2.24, 2.45) is 0 Å². The van der Waals surface area contributed by atoms with Crippen LogP contribution < -0.4 is 10.4 Å². The molecule has 0 radical (unpaired) electrons. The zero-order valence-corrected chi connectivity index (χ0v) is 18.4. The molecule has 0 spiro atoms. The lowest BCUT2D eigenvalue weighted by molar-refractivity contribution is 1.82. The van der Waals surface area contributed by atoms with Gasteiger partial charge in [-0.15, -0.1) is 66.5 Å². The van der Waals surface area contributed by atoms with Gasteiger partial charge in [0.05, 0.1) is 0 Å². The van der Waals surface area contributed by atoms with Gasteiger partial charge in [0.25, 0.3) is 0 Å². The highest BCUT2D eigenvalue weighted by Crippen LogP contribution is 2.36. The van der Waals surface area contributed by atoms with E-state index in [0.717, 1.165) is 42.7 Å². The van der Waals surface area contributed by atoms with Gasteiger partial charge in [0.1, 0.15) is 0 Å². The number of hydrogen-bond acceptors (Lipinski definition) is 0. The number of halogens is 6. The predicted octanol–water partition coefficient (Wildman–Crippen LogP) is 6.31. The van der Waals surface area contributed by atoms with Crippen LogP contribution in [0.25, 0.3) is 32.3 Å². The van der Waals surface area contributed by atoms with Crippen molar-refractivity contribution in [1.82, 2.24) is 0 Å². The standard InChI is InChI=1S/C16H8Cl6Si2/c17-23(18,19)13-5-9-1-2-10-6-14(24(20,21)22)8-12-4-3-11(7-13)15(9)16(10)12/h1-8H. The predicted molar refractivity (Wildman–Crippen MR) is 116 cm³/mol. The van der Waals surface area contributed by atoms with Crippen molar-refractivity contribution in [3.63, 3.8) is 0 Å². The van der Waals surface area contributed by atoms with Crippen molar-refractivity contribution in [3.8, 4) is 0 Å². The maximum Gasteiger partial charge on any atom is 0.372 e. The average Bonchev–Trinajstić information content (AvgIpc) is 2.50. The molecule has 0 amide bonds. The number of benzene rings is 4. The van der Waals surface area contributed by atoms with E-state index in [-0.39, 0.29) is 0 Å². The van der Waals surface area contributed by atoms with Gasteiger partial charge in [-0.3, -0.25) is 0 Å². The molecule has 0 aliphatic carbocycles. The van der Waals surface area contributed by atoms with Crippen LogP contribution in [0.1, 0.15) is 0 Å². The highest BCUT2D eigenvalue weighted by Gasteiger charge is 2.30. The number of hydrogen-bond donors (Lipinski definition) is 0. The van der Waals surface area contributed by atoms with E-state index in [0.29, 0.717) is 0 Å². The first-order valence-corrected chi connectivity index (χ1v) is 17.1. The van der Waals surface area contributed by atoms with Crippen LogP contribution >= 0.6 is 66.5 Å². The Kier molecular flexibility index (Phi) is 4.23. The third-order valence-corrected chi connectivity index (χ3v) is 10.0. The van der Waals surface area contributed by atoms with Crippen LogP contribution in [0.5, 0.6) is 0 Å². The minimum atomic E-state index is -2.94. The second kappa shape index (κ2) is 5.80. The van der Waals surface area contributed by atoms with Gasteiger partial charge < -0.3 is 0 Å². The van der Waals surface area contributed by atoms with E-state index in [9.17, 15) is 0 Å². The second-order valence-electron chi connectivity index (χ2n) is 5.72. The lowest BCUT2D eigenvalue weighted by Crippen LogP contribution is -2.30. The van der Waals surface area contributed by atoms with E-state index in [1.165, 1.54) is 0 Å². The SMILES string of the molecule is Cl[Si](Cl)(Cl)c1cc2ccc3cc([Si](Cl)(Cl)Cl)cc4ccc(c1)c2c34. The Balaban J connectivity index is 2.14. The molecule has 0 N–H and O–H groups in total. The lowest BCUT2D eigenvalue weighted by Gasteiger charge is -2.17. The molecule has 4 aromatic rings. The van der Waals surface area contributed by atoms with E-state index < -0.39 is 12.0 Å². The summed E-state index contributed by atoms with van der Waals surface area (Å²) in [6.45, 7) is 0. The molecule has 0 atom stereocenters. The Bertz CT molecular complexity index is 927. The lowest BCUT2D eigenvalue weighted by atomic mass is 9.94. The third-order valence-electron chi connectivity index (χ3n) is 4.19. The fraction of sp³-hybridized carbons (Fsp3) is 0. The summed E-state index contributed by atoms with van der Waals surface area (Å²) in [6, 6.07) is 10.1. The second-order valence-corrected chi connectivity index (χ2v) is 22.6. The molecule has 4 rings (SSSR count). The van der Waals surface area contributed by atoms with Gasteiger partial charge in [-0.25, -0.2) is 0 Å². The van der Waals surface area contributed by atoms with Crippen LogP contribution in [0.2, 0.25) is 0 Å². The summed E-state index contributed by atoms with van der Waals surface area (Å²) in [5.74, 6) is 0. The highest BCUT2D eigenvalue weighted by molar-refractivity contribution is 7.70. The highest BCUT2D eigenvalue weighted by atomic mass is 35.8. The molecule has 24 heavy (non-hydrogen) atoms. The zero-order chi connectivity index (χ0) is 17.3. The molecule has 0 aliphatic rings. The fourth-order valence-corrected chi connectivity index (χ4v) is 6.41. The summed E-state index contributed by atoms with van der Waals surface area (Å²) in [5.41, 5.74) is 0. The topological polar surface area (TPSA) is 0 Å². The summed E-state index contributed by atoms with van der Waals surface area (Å²) in [7, 11) is 0. The first-order chi connectivity index (χ1) is 11.1. The van der Waals surface area contributed by atoms with Crippen LogP contribution in [-0.2, 0) is 0 Å². The number of rotatable bonds is 2.